The van der Waals surface area contributed by atoms with Crippen LogP contribution in [-0.2, 0) is 11.3 Å². The number of nitrogens with zero attached hydrogens (tertiary/aromatic N) is 5. The molecule has 11 nitrogen and oxygen atoms in total. The van der Waals surface area contributed by atoms with Crippen LogP contribution in [-0.4, -0.2) is 81.4 Å². The third-order valence-electron chi connectivity index (χ3n) is 5.89. The second-order valence-electron chi connectivity index (χ2n) is 9.91. The maximum atomic E-state index is 12.2. The quantitative estimate of drug-likeness (QED) is 0.420. The van der Waals surface area contributed by atoms with Gasteiger partial charge in [0.05, 0.1) is 0 Å². The average Bonchev–Trinajstić information content (AvgIpc) is 3.27. The number of aryl methyl sites for hydroxylation is 1. The first-order chi connectivity index (χ1) is 17.2. The molecule has 0 radical (unpaired) electrons. The summed E-state index contributed by atoms with van der Waals surface area (Å²) in [6.45, 7) is 10.3. The highest BCUT2D eigenvalue weighted by atomic mass is 16.6. The number of fused-ring (bicyclic) bond motifs is 1. The molecule has 1 fully saturated rings. The molecule has 194 valence electrons. The molecule has 36 heavy (non-hydrogen) atoms. The fourth-order valence-electron chi connectivity index (χ4n) is 3.98. The smallest absolute Gasteiger partial charge is 0.414 e. The molecule has 0 spiro atoms. The zero-order valence-electron chi connectivity index (χ0n) is 21.0. The Bertz CT molecular complexity index is 1080. The maximum Gasteiger partial charge on any atom is 0.414 e. The van der Waals surface area contributed by atoms with Crippen molar-refractivity contribution in [3.63, 3.8) is 0 Å². The van der Waals surface area contributed by atoms with E-state index in [2.05, 4.69) is 22.0 Å². The number of aromatic nitrogens is 2. The zero-order valence-corrected chi connectivity index (χ0v) is 21.0. The van der Waals surface area contributed by atoms with Gasteiger partial charge in [-0.1, -0.05) is 24.3 Å². The largest absolute Gasteiger partial charge is 0.490 e. The third kappa shape index (κ3) is 6.97. The predicted octanol–water partition coefficient (Wildman–Crippen LogP) is 3.59. The van der Waals surface area contributed by atoms with E-state index in [1.807, 2.05) is 45.0 Å². The molecule has 1 aromatic heterocycles. The lowest BCUT2D eigenvalue weighted by Crippen LogP contribution is -2.49. The van der Waals surface area contributed by atoms with Crippen molar-refractivity contribution in [3.8, 4) is 11.8 Å². The van der Waals surface area contributed by atoms with Gasteiger partial charge < -0.3 is 29.2 Å². The average molecular weight is 500 g/mol. The van der Waals surface area contributed by atoms with Crippen LogP contribution in [0.3, 0.4) is 0 Å². The van der Waals surface area contributed by atoms with Gasteiger partial charge in [-0.15, -0.1) is 0 Å². The van der Waals surface area contributed by atoms with Crippen LogP contribution in [0.25, 0.3) is 6.08 Å². The van der Waals surface area contributed by atoms with Gasteiger partial charge in [-0.05, 0) is 43.4 Å². The van der Waals surface area contributed by atoms with Crippen LogP contribution in [0.5, 0.6) is 11.8 Å². The van der Waals surface area contributed by atoms with E-state index in [9.17, 15) is 14.9 Å². The number of hydrogen-bond donors (Lipinski definition) is 0. The Labute approximate surface area is 210 Å². The molecule has 0 saturated carbocycles. The first-order valence-electron chi connectivity index (χ1n) is 12.1. The summed E-state index contributed by atoms with van der Waals surface area (Å²) in [4.78, 5) is 30.5. The minimum absolute atomic E-state index is 0.210. The number of carbonyl (C=O) groups is 1. The molecular weight excluding hydrogens is 466 g/mol. The van der Waals surface area contributed by atoms with Crippen LogP contribution >= 0.6 is 0 Å². The van der Waals surface area contributed by atoms with Gasteiger partial charge in [0.25, 0.3) is 0 Å². The maximum absolute atomic E-state index is 12.2. The molecule has 0 unspecified atom stereocenters. The normalized spacial score (nSPS) is 18.5. The summed E-state index contributed by atoms with van der Waals surface area (Å²) < 4.78 is 18.7. The minimum Gasteiger partial charge on any atom is -0.490 e. The topological polar surface area (TPSA) is 112 Å². The Hall–Kier alpha value is -3.60. The van der Waals surface area contributed by atoms with E-state index < -0.39 is 10.5 Å². The highest BCUT2D eigenvalue weighted by Crippen LogP contribution is 2.24. The van der Waals surface area contributed by atoms with Gasteiger partial charge in [-0.2, -0.15) is 0 Å². The predicted molar refractivity (Wildman–Crippen MR) is 133 cm³/mol. The fourth-order valence-corrected chi connectivity index (χ4v) is 3.98. The first kappa shape index (κ1) is 25.5. The number of nitro groups is 1. The van der Waals surface area contributed by atoms with Crippen LogP contribution in [0.1, 0.15) is 32.8 Å². The second-order valence-corrected chi connectivity index (χ2v) is 9.91. The van der Waals surface area contributed by atoms with Gasteiger partial charge >= 0.3 is 17.9 Å². The third-order valence-corrected chi connectivity index (χ3v) is 5.89. The summed E-state index contributed by atoms with van der Waals surface area (Å²) in [5.41, 5.74) is 0.592. The van der Waals surface area contributed by atoms with E-state index in [0.717, 1.165) is 30.9 Å². The van der Waals surface area contributed by atoms with Crippen molar-refractivity contribution in [2.75, 3.05) is 39.3 Å². The molecule has 2 aromatic rings. The van der Waals surface area contributed by atoms with Gasteiger partial charge in [0.1, 0.15) is 30.3 Å². The molecule has 0 bridgehead atoms. The summed E-state index contributed by atoms with van der Waals surface area (Å²) in [7, 11) is 0. The van der Waals surface area contributed by atoms with Crippen molar-refractivity contribution in [2.45, 2.75) is 45.4 Å². The van der Waals surface area contributed by atoms with Gasteiger partial charge in [0.15, 0.2) is 0 Å². The van der Waals surface area contributed by atoms with Crippen LogP contribution in [0, 0.1) is 10.1 Å². The van der Waals surface area contributed by atoms with Gasteiger partial charge in [-0.25, -0.2) is 4.79 Å². The highest BCUT2D eigenvalue weighted by Gasteiger charge is 2.28. The molecule has 3 heterocycles. The first-order valence-corrected chi connectivity index (χ1v) is 12.1. The van der Waals surface area contributed by atoms with Crippen LogP contribution in [0.2, 0.25) is 0 Å². The second kappa shape index (κ2) is 11.0. The number of amides is 1. The molecule has 1 atom stereocenters. The summed E-state index contributed by atoms with van der Waals surface area (Å²) in [5, 5.41) is 10.9. The molecule has 0 aliphatic carbocycles. The zero-order chi connectivity index (χ0) is 25.7. The lowest BCUT2D eigenvalue weighted by Gasteiger charge is -2.35. The SMILES string of the molecule is CC(C)(C)OC(=O)N1CCN(C/C=C/c2ccc(OC[C@H]3CCn4cc([N+](=O)[O-])nc4O3)cc2)CC1. The van der Waals surface area contributed by atoms with Gasteiger partial charge in [0, 0.05) is 50.7 Å². The monoisotopic (exact) mass is 499 g/mol. The van der Waals surface area contributed by atoms with Crippen molar-refractivity contribution >= 4 is 18.0 Å². The van der Waals surface area contributed by atoms with Crippen LogP contribution < -0.4 is 9.47 Å². The van der Waals surface area contributed by atoms with Crippen molar-refractivity contribution in [1.82, 2.24) is 19.4 Å². The summed E-state index contributed by atoms with van der Waals surface area (Å²) in [5.74, 6) is 0.521. The minimum atomic E-state index is -0.525. The molecule has 1 aromatic carbocycles. The highest BCUT2D eigenvalue weighted by molar-refractivity contribution is 5.68. The summed E-state index contributed by atoms with van der Waals surface area (Å²) >= 11 is 0. The van der Waals surface area contributed by atoms with Gasteiger partial charge in [0.2, 0.25) is 0 Å². The Kier molecular flexibility index (Phi) is 7.78. The number of carbonyl (C=O) groups excluding carboxylic acids is 1. The van der Waals surface area contributed by atoms with Gasteiger partial charge in [-0.3, -0.25) is 9.47 Å². The molecule has 11 heteroatoms. The standard InChI is InChI=1S/C25H33N5O6/c1-25(2,3)36-24(31)28-15-13-27(14-16-28)11-4-5-19-6-8-20(9-7-19)34-18-21-10-12-29-17-22(30(32)33)26-23(29)35-21/h4-9,17,21H,10-16,18H2,1-3H3/b5-4+/t21-/m1/s1. The molecule has 2 aliphatic heterocycles. The Morgan fingerprint density at radius 1 is 1.19 bits per heavy atom. The fraction of sp³-hybridized carbons (Fsp3) is 0.520. The van der Waals surface area contributed by atoms with Crippen molar-refractivity contribution in [3.05, 3.63) is 52.2 Å². The molecule has 4 rings (SSSR count). The Balaban J connectivity index is 1.17. The number of rotatable bonds is 7. The van der Waals surface area contributed by atoms with Crippen LogP contribution in [0.4, 0.5) is 10.6 Å². The van der Waals surface area contributed by atoms with Crippen molar-refractivity contribution in [1.29, 1.82) is 0 Å². The number of benzene rings is 1. The van der Waals surface area contributed by atoms with Crippen molar-refractivity contribution in [2.24, 2.45) is 0 Å². The molecular formula is C25H33N5O6. The lowest BCUT2D eigenvalue weighted by molar-refractivity contribution is -0.389. The number of hydrogen-bond acceptors (Lipinski definition) is 8. The number of piperazine rings is 1. The number of imidazole rings is 1. The molecule has 1 saturated heterocycles. The Morgan fingerprint density at radius 3 is 2.58 bits per heavy atom. The summed E-state index contributed by atoms with van der Waals surface area (Å²) in [6.07, 6.45) is 5.81. The van der Waals surface area contributed by atoms with E-state index >= 15 is 0 Å². The van der Waals surface area contributed by atoms with E-state index in [1.165, 1.54) is 6.20 Å². The molecule has 2 aliphatic rings. The van der Waals surface area contributed by atoms with E-state index in [-0.39, 0.29) is 24.0 Å². The van der Waals surface area contributed by atoms with E-state index in [4.69, 9.17) is 14.2 Å². The Morgan fingerprint density at radius 2 is 1.92 bits per heavy atom. The van der Waals surface area contributed by atoms with Crippen LogP contribution in [0.15, 0.2) is 36.5 Å². The lowest BCUT2D eigenvalue weighted by atomic mass is 10.2. The van der Waals surface area contributed by atoms with E-state index in [1.54, 1.807) is 9.47 Å². The van der Waals surface area contributed by atoms with Crippen molar-refractivity contribution < 1.29 is 23.9 Å². The van der Waals surface area contributed by atoms with E-state index in [0.29, 0.717) is 32.7 Å². The molecule has 0 N–H and O–H groups in total. The summed E-state index contributed by atoms with van der Waals surface area (Å²) in [6, 6.07) is 8.06. The number of ether oxygens (including phenoxy) is 3. The molecule has 1 amide bonds.